The molecule has 0 radical (unpaired) electrons. The Hall–Kier alpha value is -1.32. The molecule has 0 amide bonds. The standard InChI is InChI=1S/C16H20ClNO2/c1-4-16(13(3)19)9-5-7-12(2)15(16)18(17)11-14-8-6-10-20-14/h5-10,15H,4,11H2,1-3H3. The molecular weight excluding hydrogens is 274 g/mol. The van der Waals surface area contributed by atoms with Crippen LogP contribution in [0, 0.1) is 5.41 Å². The maximum absolute atomic E-state index is 12.2. The molecule has 1 aromatic heterocycles. The second-order valence-corrected chi connectivity index (χ2v) is 5.69. The van der Waals surface area contributed by atoms with Gasteiger partial charge in [0.05, 0.1) is 24.3 Å². The predicted molar refractivity (Wildman–Crippen MR) is 80.2 cm³/mol. The Kier molecular flexibility index (Phi) is 4.51. The van der Waals surface area contributed by atoms with Crippen molar-refractivity contribution in [2.45, 2.75) is 39.8 Å². The molecule has 0 aromatic carbocycles. The zero-order valence-electron chi connectivity index (χ0n) is 12.1. The molecule has 1 aromatic rings. The molecule has 0 N–H and O–H groups in total. The molecule has 2 atom stereocenters. The number of Topliss-reactive ketones (excluding diaryl/α,β-unsaturated/α-hetero) is 1. The molecule has 0 saturated carbocycles. The minimum atomic E-state index is -0.562. The summed E-state index contributed by atoms with van der Waals surface area (Å²) in [5, 5.41) is 0. The number of halogens is 1. The third-order valence-electron chi connectivity index (χ3n) is 4.08. The Morgan fingerprint density at radius 1 is 1.55 bits per heavy atom. The Bertz CT molecular complexity index is 533. The lowest BCUT2D eigenvalue weighted by atomic mass is 9.69. The van der Waals surface area contributed by atoms with Gasteiger partial charge in [-0.1, -0.05) is 30.7 Å². The number of carbonyl (C=O) groups excluding carboxylic acids is 1. The van der Waals surface area contributed by atoms with Crippen LogP contribution in [-0.2, 0) is 11.3 Å². The van der Waals surface area contributed by atoms with Crippen LogP contribution < -0.4 is 0 Å². The van der Waals surface area contributed by atoms with Crippen molar-refractivity contribution < 1.29 is 9.21 Å². The normalized spacial score (nSPS) is 25.9. The van der Waals surface area contributed by atoms with Gasteiger partial charge in [-0.3, -0.25) is 4.79 Å². The zero-order valence-corrected chi connectivity index (χ0v) is 12.9. The van der Waals surface area contributed by atoms with E-state index in [9.17, 15) is 4.79 Å². The molecule has 0 fully saturated rings. The van der Waals surface area contributed by atoms with Crippen LogP contribution in [0.2, 0.25) is 0 Å². The van der Waals surface area contributed by atoms with Crippen molar-refractivity contribution >= 4 is 17.6 Å². The number of hydrogen-bond acceptors (Lipinski definition) is 3. The van der Waals surface area contributed by atoms with Gasteiger partial charge in [-0.05, 0) is 44.2 Å². The van der Waals surface area contributed by atoms with Crippen LogP contribution >= 0.6 is 11.8 Å². The summed E-state index contributed by atoms with van der Waals surface area (Å²) in [5.74, 6) is 0.926. The molecule has 0 bridgehead atoms. The summed E-state index contributed by atoms with van der Waals surface area (Å²) >= 11 is 6.50. The van der Waals surface area contributed by atoms with Crippen molar-refractivity contribution in [1.82, 2.24) is 4.42 Å². The summed E-state index contributed by atoms with van der Waals surface area (Å²) in [6.07, 6.45) is 8.29. The van der Waals surface area contributed by atoms with Crippen LogP contribution in [0.15, 0.2) is 46.6 Å². The third-order valence-corrected chi connectivity index (χ3v) is 4.39. The van der Waals surface area contributed by atoms with Gasteiger partial charge in [-0.15, -0.1) is 0 Å². The average molecular weight is 294 g/mol. The minimum Gasteiger partial charge on any atom is -0.468 e. The highest BCUT2D eigenvalue weighted by atomic mass is 35.5. The smallest absolute Gasteiger partial charge is 0.141 e. The number of nitrogens with zero attached hydrogens (tertiary/aromatic N) is 1. The van der Waals surface area contributed by atoms with Crippen molar-refractivity contribution in [3.05, 3.63) is 48.0 Å². The summed E-state index contributed by atoms with van der Waals surface area (Å²) in [5.41, 5.74) is 0.527. The molecular formula is C16H20ClNO2. The fraction of sp³-hybridized carbons (Fsp3) is 0.438. The molecule has 0 aliphatic heterocycles. The van der Waals surface area contributed by atoms with Crippen molar-refractivity contribution in [3.63, 3.8) is 0 Å². The van der Waals surface area contributed by atoms with E-state index in [4.69, 9.17) is 16.2 Å². The monoisotopic (exact) mass is 293 g/mol. The number of furan rings is 1. The maximum atomic E-state index is 12.2. The molecule has 1 aliphatic carbocycles. The lowest BCUT2D eigenvalue weighted by molar-refractivity contribution is -0.126. The molecule has 1 aliphatic rings. The number of hydrogen-bond donors (Lipinski definition) is 0. The van der Waals surface area contributed by atoms with E-state index in [0.717, 1.165) is 17.8 Å². The number of ketones is 1. The lowest BCUT2D eigenvalue weighted by Gasteiger charge is -2.41. The first-order chi connectivity index (χ1) is 9.51. The topological polar surface area (TPSA) is 33.5 Å². The summed E-state index contributed by atoms with van der Waals surface area (Å²) in [7, 11) is 0. The molecule has 2 unspecified atom stereocenters. The Morgan fingerprint density at radius 2 is 2.30 bits per heavy atom. The summed E-state index contributed by atoms with van der Waals surface area (Å²) in [6, 6.07) is 3.57. The highest BCUT2D eigenvalue weighted by Gasteiger charge is 2.44. The van der Waals surface area contributed by atoms with E-state index in [1.807, 2.05) is 44.2 Å². The fourth-order valence-electron chi connectivity index (χ4n) is 2.94. The van der Waals surface area contributed by atoms with Gasteiger partial charge >= 0.3 is 0 Å². The Balaban J connectivity index is 2.31. The molecule has 1 heterocycles. The van der Waals surface area contributed by atoms with Crippen molar-refractivity contribution in [2.75, 3.05) is 0 Å². The van der Waals surface area contributed by atoms with E-state index in [0.29, 0.717) is 6.54 Å². The molecule has 2 rings (SSSR count). The van der Waals surface area contributed by atoms with E-state index in [-0.39, 0.29) is 11.8 Å². The van der Waals surface area contributed by atoms with Gasteiger partial charge in [0.15, 0.2) is 0 Å². The Morgan fingerprint density at radius 3 is 2.85 bits per heavy atom. The molecule has 108 valence electrons. The fourth-order valence-corrected chi connectivity index (χ4v) is 3.39. The van der Waals surface area contributed by atoms with Crippen LogP contribution in [0.4, 0.5) is 0 Å². The minimum absolute atomic E-state index is 0.138. The SMILES string of the molecule is CCC1(C(C)=O)C=CC=C(C)C1N(Cl)Cc1ccco1. The predicted octanol–water partition coefficient (Wildman–Crippen LogP) is 4.11. The van der Waals surface area contributed by atoms with E-state index < -0.39 is 5.41 Å². The highest BCUT2D eigenvalue weighted by Crippen LogP contribution is 2.40. The number of allylic oxidation sites excluding steroid dienone is 2. The molecule has 3 nitrogen and oxygen atoms in total. The second kappa shape index (κ2) is 5.98. The molecule has 4 heteroatoms. The van der Waals surface area contributed by atoms with E-state index in [1.165, 1.54) is 0 Å². The van der Waals surface area contributed by atoms with Gasteiger partial charge < -0.3 is 4.42 Å². The maximum Gasteiger partial charge on any atom is 0.141 e. The molecule has 0 spiro atoms. The first kappa shape index (κ1) is 15.1. The van der Waals surface area contributed by atoms with Gasteiger partial charge in [0.1, 0.15) is 11.5 Å². The first-order valence-electron chi connectivity index (χ1n) is 6.83. The average Bonchev–Trinajstić information content (AvgIpc) is 2.90. The number of rotatable bonds is 5. The van der Waals surface area contributed by atoms with E-state index in [2.05, 4.69) is 0 Å². The Labute approximate surface area is 125 Å². The van der Waals surface area contributed by atoms with Gasteiger partial charge in [0.25, 0.3) is 0 Å². The van der Waals surface area contributed by atoms with Crippen molar-refractivity contribution in [2.24, 2.45) is 5.41 Å². The van der Waals surface area contributed by atoms with Gasteiger partial charge in [-0.2, -0.15) is 0 Å². The molecule has 0 saturated heterocycles. The second-order valence-electron chi connectivity index (χ2n) is 5.26. The first-order valence-corrected chi connectivity index (χ1v) is 7.17. The van der Waals surface area contributed by atoms with Crippen LogP contribution in [0.25, 0.3) is 0 Å². The van der Waals surface area contributed by atoms with Crippen LogP contribution in [0.3, 0.4) is 0 Å². The van der Waals surface area contributed by atoms with Crippen LogP contribution in [-0.4, -0.2) is 16.2 Å². The third kappa shape index (κ3) is 2.60. The zero-order chi connectivity index (χ0) is 14.8. The van der Waals surface area contributed by atoms with Crippen LogP contribution in [0.5, 0.6) is 0 Å². The number of carbonyl (C=O) groups is 1. The van der Waals surface area contributed by atoms with E-state index >= 15 is 0 Å². The van der Waals surface area contributed by atoms with Gasteiger partial charge in [0, 0.05) is 0 Å². The van der Waals surface area contributed by atoms with Crippen molar-refractivity contribution in [3.8, 4) is 0 Å². The quantitative estimate of drug-likeness (QED) is 0.766. The van der Waals surface area contributed by atoms with E-state index in [1.54, 1.807) is 17.6 Å². The largest absolute Gasteiger partial charge is 0.468 e. The summed E-state index contributed by atoms with van der Waals surface area (Å²) in [4.78, 5) is 12.2. The van der Waals surface area contributed by atoms with Gasteiger partial charge in [0.2, 0.25) is 0 Å². The summed E-state index contributed by atoms with van der Waals surface area (Å²) in [6.45, 7) is 6.14. The lowest BCUT2D eigenvalue weighted by Crippen LogP contribution is -2.48. The summed E-state index contributed by atoms with van der Waals surface area (Å²) < 4.78 is 7.02. The van der Waals surface area contributed by atoms with Gasteiger partial charge in [-0.25, -0.2) is 4.42 Å². The molecule has 20 heavy (non-hydrogen) atoms. The highest BCUT2D eigenvalue weighted by molar-refractivity contribution is 6.14. The van der Waals surface area contributed by atoms with Crippen LogP contribution in [0.1, 0.15) is 33.0 Å². The van der Waals surface area contributed by atoms with Crippen molar-refractivity contribution in [1.29, 1.82) is 0 Å².